The van der Waals surface area contributed by atoms with Crippen LogP contribution in [-0.2, 0) is 0 Å². The average molecular weight is 538 g/mol. The molecule has 1 aromatic carbocycles. The van der Waals surface area contributed by atoms with Crippen LogP contribution in [0.1, 0.15) is 42.4 Å². The number of halogens is 1. The first-order chi connectivity index (χ1) is 16.8. The van der Waals surface area contributed by atoms with E-state index in [1.807, 2.05) is 43.5 Å². The highest BCUT2D eigenvalue weighted by Crippen LogP contribution is 2.19. The Labute approximate surface area is 215 Å². The summed E-state index contributed by atoms with van der Waals surface area (Å²) in [7, 11) is 3.58. The van der Waals surface area contributed by atoms with Gasteiger partial charge in [0.25, 0.3) is 5.91 Å². The number of nitrogens with one attached hydrogen (secondary N) is 3. The van der Waals surface area contributed by atoms with Gasteiger partial charge in [0, 0.05) is 29.0 Å². The molecule has 1 aliphatic heterocycles. The maximum atomic E-state index is 12.8. The summed E-state index contributed by atoms with van der Waals surface area (Å²) < 4.78 is 0. The van der Waals surface area contributed by atoms with Gasteiger partial charge in [0.2, 0.25) is 0 Å². The Hall–Kier alpha value is -3.16. The highest BCUT2D eigenvalue weighted by Gasteiger charge is 2.18. The minimum Gasteiger partial charge on any atom is -0.374 e. The number of amides is 1. The molecule has 2 aliphatic rings. The molecule has 1 amide bonds. The molecule has 0 spiro atoms. The summed E-state index contributed by atoms with van der Waals surface area (Å²) in [6, 6.07) is 6.94. The summed E-state index contributed by atoms with van der Waals surface area (Å²) in [5.41, 5.74) is 8.05. The number of carbonyl (C=O) groups excluding carboxylic acids is 1. The second-order valence-corrected chi connectivity index (χ2v) is 8.98. The first kappa shape index (κ1) is 26.4. The molecule has 8 heteroatoms. The number of aliphatic hydroxyl groups is 1. The van der Waals surface area contributed by atoms with E-state index in [1.165, 1.54) is 0 Å². The zero-order chi connectivity index (χ0) is 25.4. The first-order valence-electron chi connectivity index (χ1n) is 11.5. The lowest BCUT2D eigenvalue weighted by molar-refractivity contribution is 0.0395. The Kier molecular flexibility index (Phi) is 9.46. The van der Waals surface area contributed by atoms with Crippen LogP contribution in [0.2, 0.25) is 0 Å². The van der Waals surface area contributed by atoms with Crippen LogP contribution in [0.4, 0.5) is 0 Å². The van der Waals surface area contributed by atoms with Crippen LogP contribution in [0.15, 0.2) is 93.0 Å². The van der Waals surface area contributed by atoms with Crippen LogP contribution in [0, 0.1) is 5.92 Å². The minimum atomic E-state index is -0.715. The topological polar surface area (TPSA) is 89.0 Å². The summed E-state index contributed by atoms with van der Waals surface area (Å²) in [6.07, 6.45) is 11.5. The van der Waals surface area contributed by atoms with Gasteiger partial charge in [-0.3, -0.25) is 9.69 Å². The normalized spacial score (nSPS) is 20.8. The highest BCUT2D eigenvalue weighted by molar-refractivity contribution is 9.11. The van der Waals surface area contributed by atoms with Gasteiger partial charge in [-0.25, -0.2) is 4.99 Å². The van der Waals surface area contributed by atoms with Gasteiger partial charge >= 0.3 is 0 Å². The minimum absolute atomic E-state index is 0.00692. The molecule has 1 aromatic rings. The molecule has 2 unspecified atom stereocenters. The quantitative estimate of drug-likeness (QED) is 0.215. The lowest BCUT2D eigenvalue weighted by Crippen LogP contribution is -2.42. The van der Waals surface area contributed by atoms with Crippen LogP contribution in [0.3, 0.4) is 0 Å². The standard InChI is InChI=1S/C27H32BrN5O2/c1-5-23-21(8-6-7-15-28)17-29-27(32-23)30-22-14-9-18(2)24(16-22)31-25(34)19-10-12-20(13-11-19)26(35)33(3)4/h6-15,17-18,26-27,30,32,35H,5H2,1-4H3,(H,31,34)/b8-6-,15-7+/t18-,26?,27?/m0/s1. The third kappa shape index (κ3) is 7.16. The molecule has 0 aromatic heterocycles. The fourth-order valence-corrected chi connectivity index (χ4v) is 3.73. The Balaban J connectivity index is 1.71. The van der Waals surface area contributed by atoms with Gasteiger partial charge in [-0.2, -0.15) is 0 Å². The molecule has 184 valence electrons. The predicted octanol–water partition coefficient (Wildman–Crippen LogP) is 4.22. The number of allylic oxidation sites excluding steroid dienone is 6. The number of hydrogen-bond donors (Lipinski definition) is 4. The van der Waals surface area contributed by atoms with Crippen molar-refractivity contribution < 1.29 is 9.90 Å². The number of nitrogens with zero attached hydrogens (tertiary/aromatic N) is 2. The first-order valence-corrected chi connectivity index (χ1v) is 12.4. The summed E-state index contributed by atoms with van der Waals surface area (Å²) in [6.45, 7) is 4.09. The van der Waals surface area contributed by atoms with Gasteiger partial charge in [-0.1, -0.05) is 71.9 Å². The Morgan fingerprint density at radius 2 is 2.06 bits per heavy atom. The molecule has 1 aliphatic carbocycles. The zero-order valence-corrected chi connectivity index (χ0v) is 22.0. The fraction of sp³-hybridized carbons (Fsp3) is 0.296. The lowest BCUT2D eigenvalue weighted by Gasteiger charge is -2.25. The molecule has 4 N–H and O–H groups in total. The second-order valence-electron chi connectivity index (χ2n) is 8.45. The molecular formula is C27H32BrN5O2. The largest absolute Gasteiger partial charge is 0.374 e. The van der Waals surface area contributed by atoms with Crippen LogP contribution < -0.4 is 16.0 Å². The maximum Gasteiger partial charge on any atom is 0.255 e. The van der Waals surface area contributed by atoms with Crippen molar-refractivity contribution in [2.45, 2.75) is 32.8 Å². The van der Waals surface area contributed by atoms with Crippen molar-refractivity contribution in [3.05, 3.63) is 99.2 Å². The molecule has 1 heterocycles. The molecule has 0 fully saturated rings. The number of rotatable bonds is 9. The van der Waals surface area contributed by atoms with E-state index in [2.05, 4.69) is 49.5 Å². The van der Waals surface area contributed by atoms with E-state index in [4.69, 9.17) is 0 Å². The molecule has 0 radical (unpaired) electrons. The number of carbonyl (C=O) groups is 1. The van der Waals surface area contributed by atoms with E-state index < -0.39 is 6.23 Å². The van der Waals surface area contributed by atoms with Gasteiger partial charge in [0.15, 0.2) is 6.29 Å². The molecule has 3 atom stereocenters. The molecular weight excluding hydrogens is 506 g/mol. The summed E-state index contributed by atoms with van der Waals surface area (Å²) in [5, 5.41) is 19.9. The van der Waals surface area contributed by atoms with Crippen molar-refractivity contribution in [1.82, 2.24) is 20.9 Å². The van der Waals surface area contributed by atoms with E-state index in [0.29, 0.717) is 11.3 Å². The van der Waals surface area contributed by atoms with Gasteiger partial charge in [0.1, 0.15) is 6.23 Å². The monoisotopic (exact) mass is 537 g/mol. The Morgan fingerprint density at radius 1 is 1.31 bits per heavy atom. The van der Waals surface area contributed by atoms with Crippen molar-refractivity contribution in [2.75, 3.05) is 14.1 Å². The average Bonchev–Trinajstić information content (AvgIpc) is 2.86. The molecule has 7 nitrogen and oxygen atoms in total. The smallest absolute Gasteiger partial charge is 0.255 e. The molecule has 0 saturated heterocycles. The van der Waals surface area contributed by atoms with E-state index in [-0.39, 0.29) is 18.1 Å². The molecule has 0 bridgehead atoms. The van der Waals surface area contributed by atoms with Gasteiger partial charge in [0.05, 0.1) is 11.4 Å². The number of benzene rings is 1. The fourth-order valence-electron chi connectivity index (χ4n) is 3.56. The van der Waals surface area contributed by atoms with Gasteiger partial charge < -0.3 is 21.1 Å². The third-order valence-electron chi connectivity index (χ3n) is 5.61. The summed E-state index contributed by atoms with van der Waals surface area (Å²) in [4.78, 5) is 20.9. The van der Waals surface area contributed by atoms with E-state index >= 15 is 0 Å². The van der Waals surface area contributed by atoms with E-state index in [0.717, 1.165) is 29.0 Å². The van der Waals surface area contributed by atoms with Crippen molar-refractivity contribution in [3.63, 3.8) is 0 Å². The third-order valence-corrected chi connectivity index (χ3v) is 5.92. The Bertz CT molecular complexity index is 1140. The number of aliphatic hydroxyl groups excluding tert-OH is 1. The van der Waals surface area contributed by atoms with Crippen molar-refractivity contribution in [3.8, 4) is 0 Å². The molecule has 3 rings (SSSR count). The van der Waals surface area contributed by atoms with Crippen LogP contribution in [0.5, 0.6) is 0 Å². The van der Waals surface area contributed by atoms with Crippen LogP contribution >= 0.6 is 15.9 Å². The number of hydrogen-bond acceptors (Lipinski definition) is 6. The van der Waals surface area contributed by atoms with Crippen LogP contribution in [0.25, 0.3) is 0 Å². The van der Waals surface area contributed by atoms with Crippen LogP contribution in [-0.4, -0.2) is 42.5 Å². The second kappa shape index (κ2) is 12.5. The van der Waals surface area contributed by atoms with Crippen molar-refractivity contribution >= 4 is 28.1 Å². The SMILES string of the molecule is CCC1=C(/C=C\C=C\Br)C=NC(NC2=C=C(NC(=O)c3ccc(C(O)N(C)C)cc3)[C@@H](C)C=C2)N1. The highest BCUT2D eigenvalue weighted by atomic mass is 79.9. The maximum absolute atomic E-state index is 12.8. The molecule has 0 saturated carbocycles. The van der Waals surface area contributed by atoms with Crippen molar-refractivity contribution in [2.24, 2.45) is 10.9 Å². The van der Waals surface area contributed by atoms with Crippen molar-refractivity contribution in [1.29, 1.82) is 0 Å². The zero-order valence-electron chi connectivity index (χ0n) is 20.4. The summed E-state index contributed by atoms with van der Waals surface area (Å²) >= 11 is 3.26. The molecule has 35 heavy (non-hydrogen) atoms. The van der Waals surface area contributed by atoms with E-state index in [1.54, 1.807) is 48.2 Å². The predicted molar refractivity (Wildman–Crippen MR) is 144 cm³/mol. The summed E-state index contributed by atoms with van der Waals surface area (Å²) in [5.74, 6) is -0.216. The lowest BCUT2D eigenvalue weighted by atomic mass is 10.0. The van der Waals surface area contributed by atoms with Gasteiger partial charge in [-0.15, -0.1) is 0 Å². The number of aliphatic imine (C=N–C) groups is 1. The van der Waals surface area contributed by atoms with Gasteiger partial charge in [-0.05, 0) is 49.3 Å². The Morgan fingerprint density at radius 3 is 2.71 bits per heavy atom. The van der Waals surface area contributed by atoms with E-state index in [9.17, 15) is 9.90 Å².